The summed E-state index contributed by atoms with van der Waals surface area (Å²) in [6.07, 6.45) is 7.48. The van der Waals surface area contributed by atoms with Crippen molar-refractivity contribution in [1.82, 2.24) is 29.5 Å². The molecule has 2 aromatic heterocycles. The first kappa shape index (κ1) is 24.4. The molecule has 1 aliphatic rings. The Balaban J connectivity index is 1.41. The highest BCUT2D eigenvalue weighted by Crippen LogP contribution is 2.29. The molecule has 3 aromatic rings. The van der Waals surface area contributed by atoms with E-state index in [-0.39, 0.29) is 30.2 Å². The molecular weight excluding hydrogens is 453 g/mol. The topological polar surface area (TPSA) is 105 Å². The van der Waals surface area contributed by atoms with Crippen LogP contribution in [-0.4, -0.2) is 81.3 Å². The molecule has 0 unspecified atom stereocenters. The molecule has 0 saturated carbocycles. The van der Waals surface area contributed by atoms with E-state index in [1.54, 1.807) is 51.0 Å². The molecule has 10 nitrogen and oxygen atoms in total. The first-order valence-corrected chi connectivity index (χ1v) is 11.3. The van der Waals surface area contributed by atoms with Gasteiger partial charge >= 0.3 is 0 Å². The number of hydrogen-bond acceptors (Lipinski definition) is 7. The zero-order chi connectivity index (χ0) is 24.8. The van der Waals surface area contributed by atoms with E-state index in [1.807, 2.05) is 4.68 Å². The fourth-order valence-electron chi connectivity index (χ4n) is 3.96. The van der Waals surface area contributed by atoms with Crippen molar-refractivity contribution in [1.29, 1.82) is 0 Å². The van der Waals surface area contributed by atoms with Crippen LogP contribution in [0.15, 0.2) is 55.1 Å². The van der Waals surface area contributed by atoms with E-state index in [0.29, 0.717) is 31.2 Å². The van der Waals surface area contributed by atoms with Gasteiger partial charge in [0, 0.05) is 50.8 Å². The minimum absolute atomic E-state index is 0.0157. The highest BCUT2D eigenvalue weighted by Gasteiger charge is 2.34. The van der Waals surface area contributed by atoms with Gasteiger partial charge in [0.2, 0.25) is 5.91 Å². The molecule has 0 spiro atoms. The number of rotatable bonds is 9. The molecule has 2 amide bonds. The van der Waals surface area contributed by atoms with Gasteiger partial charge in [0.25, 0.3) is 5.91 Å². The number of benzene rings is 1. The van der Waals surface area contributed by atoms with Gasteiger partial charge in [-0.3, -0.25) is 19.2 Å². The summed E-state index contributed by atoms with van der Waals surface area (Å²) >= 11 is 0. The molecule has 0 aliphatic carbocycles. The van der Waals surface area contributed by atoms with E-state index in [2.05, 4.69) is 25.3 Å². The van der Waals surface area contributed by atoms with Gasteiger partial charge in [-0.05, 0) is 30.7 Å². The lowest BCUT2D eigenvalue weighted by Gasteiger charge is -2.23. The molecule has 1 saturated heterocycles. The number of amides is 2. The number of hydrogen-bond donors (Lipinski definition) is 1. The number of ether oxygens (including phenoxy) is 1. The van der Waals surface area contributed by atoms with Crippen LogP contribution in [-0.2, 0) is 16.1 Å². The minimum atomic E-state index is -0.470. The van der Waals surface area contributed by atoms with Crippen molar-refractivity contribution in [2.24, 2.45) is 0 Å². The third kappa shape index (κ3) is 6.46. The highest BCUT2D eigenvalue weighted by atomic mass is 19.1. The SMILES string of the molecule is CN(C)C(=O)COC[C@@H]1C[C@H](n2cc(NC(=O)c3cccc(F)c3)cn2)CN1Cc1ncccn1. The number of nitrogens with zero attached hydrogens (tertiary/aromatic N) is 6. The Labute approximate surface area is 202 Å². The molecular formula is C24H28FN7O3. The van der Waals surface area contributed by atoms with E-state index < -0.39 is 11.7 Å². The summed E-state index contributed by atoms with van der Waals surface area (Å²) in [5.41, 5.74) is 0.755. The molecule has 1 aromatic carbocycles. The molecule has 11 heteroatoms. The van der Waals surface area contributed by atoms with Crippen LogP contribution in [0.3, 0.4) is 0 Å². The molecule has 1 N–H and O–H groups in total. The quantitative estimate of drug-likeness (QED) is 0.498. The molecule has 0 bridgehead atoms. The summed E-state index contributed by atoms with van der Waals surface area (Å²) in [6, 6.07) is 7.35. The zero-order valence-corrected chi connectivity index (χ0v) is 19.7. The third-order valence-corrected chi connectivity index (χ3v) is 5.82. The van der Waals surface area contributed by atoms with E-state index in [1.165, 1.54) is 23.1 Å². The number of nitrogens with one attached hydrogen (secondary N) is 1. The number of likely N-dealkylation sites (N-methyl/N-ethyl adjacent to an activating group) is 1. The average molecular weight is 482 g/mol. The standard InChI is InChI=1S/C24H28FN7O3/c1-30(2)23(33)16-35-15-21-10-20(13-31(21)14-22-26-7-4-8-27-22)32-12-19(11-28-32)29-24(34)17-5-3-6-18(25)9-17/h3-9,11-12,20-21H,10,13-16H2,1-2H3,(H,29,34)/t20-,21-/m0/s1. The van der Waals surface area contributed by atoms with Gasteiger partial charge in [-0.2, -0.15) is 5.10 Å². The van der Waals surface area contributed by atoms with Crippen LogP contribution in [0.25, 0.3) is 0 Å². The van der Waals surface area contributed by atoms with Gasteiger partial charge in [0.05, 0.1) is 31.1 Å². The van der Waals surface area contributed by atoms with Crippen LogP contribution in [0.4, 0.5) is 10.1 Å². The lowest BCUT2D eigenvalue weighted by molar-refractivity contribution is -0.134. The highest BCUT2D eigenvalue weighted by molar-refractivity contribution is 6.04. The maximum Gasteiger partial charge on any atom is 0.255 e. The molecule has 35 heavy (non-hydrogen) atoms. The molecule has 4 rings (SSSR count). The molecule has 1 fully saturated rings. The Kier molecular flexibility index (Phi) is 7.78. The monoisotopic (exact) mass is 481 g/mol. The zero-order valence-electron chi connectivity index (χ0n) is 19.7. The second-order valence-corrected chi connectivity index (χ2v) is 8.61. The first-order chi connectivity index (χ1) is 16.9. The summed E-state index contributed by atoms with van der Waals surface area (Å²) < 4.78 is 21.0. The van der Waals surface area contributed by atoms with Crippen LogP contribution in [0.5, 0.6) is 0 Å². The van der Waals surface area contributed by atoms with Crippen molar-refractivity contribution in [3.63, 3.8) is 0 Å². The summed E-state index contributed by atoms with van der Waals surface area (Å²) in [7, 11) is 3.39. The summed E-state index contributed by atoms with van der Waals surface area (Å²) in [5.74, 6) is -0.272. The van der Waals surface area contributed by atoms with Crippen LogP contribution >= 0.6 is 0 Å². The predicted octanol–water partition coefficient (Wildman–Crippen LogP) is 1.98. The number of halogens is 1. The lowest BCUT2D eigenvalue weighted by atomic mass is 10.2. The van der Waals surface area contributed by atoms with Gasteiger partial charge in [-0.25, -0.2) is 14.4 Å². The third-order valence-electron chi connectivity index (χ3n) is 5.82. The minimum Gasteiger partial charge on any atom is -0.370 e. The summed E-state index contributed by atoms with van der Waals surface area (Å²) in [6.45, 7) is 1.61. The van der Waals surface area contributed by atoms with Crippen LogP contribution in [0.2, 0.25) is 0 Å². The fraction of sp³-hybridized carbons (Fsp3) is 0.375. The average Bonchev–Trinajstić information content (AvgIpc) is 3.46. The van der Waals surface area contributed by atoms with Gasteiger partial charge in [0.1, 0.15) is 18.2 Å². The molecule has 2 atom stereocenters. The second kappa shape index (κ2) is 11.2. The summed E-state index contributed by atoms with van der Waals surface area (Å²) in [5, 5.41) is 7.20. The number of aromatic nitrogens is 4. The number of likely N-dealkylation sites (tertiary alicyclic amines) is 1. The second-order valence-electron chi connectivity index (χ2n) is 8.61. The Morgan fingerprint density at radius 3 is 2.77 bits per heavy atom. The van der Waals surface area contributed by atoms with E-state index >= 15 is 0 Å². The Hall–Kier alpha value is -3.70. The maximum atomic E-state index is 13.4. The van der Waals surface area contributed by atoms with Crippen molar-refractivity contribution in [3.8, 4) is 0 Å². The van der Waals surface area contributed by atoms with Crippen molar-refractivity contribution < 1.29 is 18.7 Å². The Morgan fingerprint density at radius 1 is 1.23 bits per heavy atom. The Morgan fingerprint density at radius 2 is 2.03 bits per heavy atom. The maximum absolute atomic E-state index is 13.4. The number of carbonyl (C=O) groups is 2. The van der Waals surface area contributed by atoms with Gasteiger partial charge in [0.15, 0.2) is 0 Å². The van der Waals surface area contributed by atoms with E-state index in [9.17, 15) is 14.0 Å². The molecule has 0 radical (unpaired) electrons. The van der Waals surface area contributed by atoms with Crippen LogP contribution in [0, 0.1) is 5.82 Å². The summed E-state index contributed by atoms with van der Waals surface area (Å²) in [4.78, 5) is 36.7. The van der Waals surface area contributed by atoms with Crippen molar-refractivity contribution >= 4 is 17.5 Å². The normalized spacial score (nSPS) is 17.9. The van der Waals surface area contributed by atoms with E-state index in [0.717, 1.165) is 6.42 Å². The van der Waals surface area contributed by atoms with Gasteiger partial charge < -0.3 is 15.0 Å². The molecule has 1 aliphatic heterocycles. The lowest BCUT2D eigenvalue weighted by Crippen LogP contribution is -2.35. The smallest absolute Gasteiger partial charge is 0.255 e. The van der Waals surface area contributed by atoms with Gasteiger partial charge in [-0.1, -0.05) is 6.07 Å². The number of anilines is 1. The van der Waals surface area contributed by atoms with Crippen molar-refractivity contribution in [2.45, 2.75) is 25.0 Å². The molecule has 184 valence electrons. The molecule has 3 heterocycles. The first-order valence-electron chi connectivity index (χ1n) is 11.3. The van der Waals surface area contributed by atoms with Gasteiger partial charge in [-0.15, -0.1) is 0 Å². The van der Waals surface area contributed by atoms with Crippen molar-refractivity contribution in [3.05, 3.63) is 72.3 Å². The fourth-order valence-corrected chi connectivity index (χ4v) is 3.96. The predicted molar refractivity (Wildman–Crippen MR) is 126 cm³/mol. The van der Waals surface area contributed by atoms with Crippen LogP contribution in [0.1, 0.15) is 28.6 Å². The largest absolute Gasteiger partial charge is 0.370 e. The Bertz CT molecular complexity index is 1150. The van der Waals surface area contributed by atoms with E-state index in [4.69, 9.17) is 4.74 Å². The number of carbonyl (C=O) groups excluding carboxylic acids is 2. The van der Waals surface area contributed by atoms with Crippen LogP contribution < -0.4 is 5.32 Å². The van der Waals surface area contributed by atoms with Crippen molar-refractivity contribution in [2.75, 3.05) is 39.2 Å².